The fourth-order valence-electron chi connectivity index (χ4n) is 1.08. The van der Waals surface area contributed by atoms with E-state index in [0.29, 0.717) is 0 Å². The van der Waals surface area contributed by atoms with Crippen LogP contribution in [0.1, 0.15) is 5.56 Å². The molecule has 0 aliphatic heterocycles. The highest BCUT2D eigenvalue weighted by molar-refractivity contribution is 7.85. The molecule has 3 nitrogen and oxygen atoms in total. The Morgan fingerprint density at radius 1 is 1.50 bits per heavy atom. The fourth-order valence-corrected chi connectivity index (χ4v) is 1.95. The van der Waals surface area contributed by atoms with Crippen LogP contribution in [-0.2, 0) is 16.0 Å². The van der Waals surface area contributed by atoms with Crippen LogP contribution in [0.4, 0.5) is 3.89 Å². The highest BCUT2D eigenvalue weighted by atomic mass is 35.5. The molecule has 0 radical (unpaired) electrons. The van der Waals surface area contributed by atoms with E-state index >= 15 is 0 Å². The van der Waals surface area contributed by atoms with Gasteiger partial charge in [-0.25, -0.2) is 0 Å². The third kappa shape index (κ3) is 2.85. The molecule has 0 aromatic heterocycles. The molecular formula is C8H8ClFO3S. The molecule has 6 heteroatoms. The first-order valence-corrected chi connectivity index (χ1v) is 5.61. The lowest BCUT2D eigenvalue weighted by Crippen LogP contribution is -1.99. The van der Waals surface area contributed by atoms with E-state index in [9.17, 15) is 12.3 Å². The zero-order valence-corrected chi connectivity index (χ0v) is 8.90. The SMILES string of the molecule is COc1c(Cl)cccc1CS(=O)(=O)F. The number of benzene rings is 1. The van der Waals surface area contributed by atoms with Crippen molar-refractivity contribution < 1.29 is 17.0 Å². The zero-order valence-electron chi connectivity index (χ0n) is 7.33. The predicted molar refractivity (Wildman–Crippen MR) is 51.7 cm³/mol. The predicted octanol–water partition coefficient (Wildman–Crippen LogP) is 2.15. The third-order valence-corrected chi connectivity index (χ3v) is 2.53. The number of methoxy groups -OCH3 is 1. The average molecular weight is 239 g/mol. The van der Waals surface area contributed by atoms with E-state index in [1.165, 1.54) is 25.3 Å². The molecule has 1 rings (SSSR count). The molecule has 0 saturated heterocycles. The van der Waals surface area contributed by atoms with E-state index in [4.69, 9.17) is 16.3 Å². The van der Waals surface area contributed by atoms with Gasteiger partial charge in [0.05, 0.1) is 12.1 Å². The molecule has 0 bridgehead atoms. The van der Waals surface area contributed by atoms with Crippen molar-refractivity contribution in [2.24, 2.45) is 0 Å². The molecule has 14 heavy (non-hydrogen) atoms. The minimum absolute atomic E-state index is 0.190. The molecule has 0 unspecified atom stereocenters. The van der Waals surface area contributed by atoms with Crippen LogP contribution >= 0.6 is 11.6 Å². The highest BCUT2D eigenvalue weighted by Gasteiger charge is 2.14. The molecule has 0 aliphatic carbocycles. The van der Waals surface area contributed by atoms with Gasteiger partial charge in [0.2, 0.25) is 0 Å². The third-order valence-electron chi connectivity index (χ3n) is 1.58. The number of para-hydroxylation sites is 1. The summed E-state index contributed by atoms with van der Waals surface area (Å²) in [6.45, 7) is 0. The molecule has 0 atom stereocenters. The smallest absolute Gasteiger partial charge is 0.306 e. The van der Waals surface area contributed by atoms with Crippen molar-refractivity contribution >= 4 is 21.8 Å². The van der Waals surface area contributed by atoms with Gasteiger partial charge in [0.1, 0.15) is 11.5 Å². The first-order valence-electron chi connectivity index (χ1n) is 3.68. The Labute approximate surface area is 86.7 Å². The van der Waals surface area contributed by atoms with Crippen molar-refractivity contribution in [3.63, 3.8) is 0 Å². The maximum atomic E-state index is 12.4. The molecular weight excluding hydrogens is 231 g/mol. The van der Waals surface area contributed by atoms with E-state index in [2.05, 4.69) is 0 Å². The minimum atomic E-state index is -4.57. The van der Waals surface area contributed by atoms with Crippen LogP contribution in [0.15, 0.2) is 18.2 Å². The van der Waals surface area contributed by atoms with E-state index in [1.54, 1.807) is 0 Å². The summed E-state index contributed by atoms with van der Waals surface area (Å²) in [5, 5.41) is 0.258. The molecule has 1 aromatic carbocycles. The number of halogens is 2. The van der Waals surface area contributed by atoms with Gasteiger partial charge in [-0.3, -0.25) is 0 Å². The Morgan fingerprint density at radius 2 is 2.14 bits per heavy atom. The van der Waals surface area contributed by atoms with Gasteiger partial charge in [-0.1, -0.05) is 23.7 Å². The van der Waals surface area contributed by atoms with Crippen molar-refractivity contribution in [2.75, 3.05) is 7.11 Å². The quantitative estimate of drug-likeness (QED) is 0.758. The van der Waals surface area contributed by atoms with Crippen molar-refractivity contribution in [1.29, 1.82) is 0 Å². The number of rotatable bonds is 3. The fraction of sp³-hybridized carbons (Fsp3) is 0.250. The molecule has 0 aliphatic rings. The van der Waals surface area contributed by atoms with Gasteiger partial charge < -0.3 is 4.74 Å². The molecule has 0 heterocycles. The van der Waals surface area contributed by atoms with E-state index < -0.39 is 16.0 Å². The van der Waals surface area contributed by atoms with Crippen molar-refractivity contribution in [1.82, 2.24) is 0 Å². The Kier molecular flexibility index (Phi) is 3.34. The molecule has 0 N–H and O–H groups in total. The summed E-state index contributed by atoms with van der Waals surface area (Å²) in [5.41, 5.74) is 0.211. The van der Waals surface area contributed by atoms with Gasteiger partial charge in [0.25, 0.3) is 0 Å². The summed E-state index contributed by atoms with van der Waals surface area (Å²) in [7, 11) is -3.22. The first kappa shape index (κ1) is 11.3. The van der Waals surface area contributed by atoms with Crippen LogP contribution in [0.5, 0.6) is 5.75 Å². The summed E-state index contributed by atoms with van der Waals surface area (Å²) in [5.74, 6) is -0.535. The molecule has 1 aromatic rings. The lowest BCUT2D eigenvalue weighted by atomic mass is 10.2. The number of ether oxygens (including phenoxy) is 1. The van der Waals surface area contributed by atoms with Crippen LogP contribution in [0.2, 0.25) is 5.02 Å². The molecule has 0 fully saturated rings. The van der Waals surface area contributed by atoms with E-state index in [0.717, 1.165) is 0 Å². The standard InChI is InChI=1S/C8H8ClFO3S/c1-13-8-6(5-14(10,11)12)3-2-4-7(8)9/h2-4H,5H2,1H3. The number of hydrogen-bond acceptors (Lipinski definition) is 3. The van der Waals surface area contributed by atoms with Crippen LogP contribution in [0.25, 0.3) is 0 Å². The Hall–Kier alpha value is -0.810. The van der Waals surface area contributed by atoms with Gasteiger partial charge >= 0.3 is 10.2 Å². The van der Waals surface area contributed by atoms with Crippen molar-refractivity contribution in [2.45, 2.75) is 5.75 Å². The van der Waals surface area contributed by atoms with Gasteiger partial charge in [0.15, 0.2) is 0 Å². The summed E-state index contributed by atoms with van der Waals surface area (Å²) < 4.78 is 38.1. The van der Waals surface area contributed by atoms with E-state index in [1.807, 2.05) is 0 Å². The van der Waals surface area contributed by atoms with Gasteiger partial charge in [-0.05, 0) is 6.07 Å². The van der Waals surface area contributed by atoms with Crippen LogP contribution in [0.3, 0.4) is 0 Å². The summed E-state index contributed by atoms with van der Waals surface area (Å²) >= 11 is 5.72. The highest BCUT2D eigenvalue weighted by Crippen LogP contribution is 2.29. The first-order chi connectivity index (χ1) is 6.44. The van der Waals surface area contributed by atoms with Crippen LogP contribution in [0, 0.1) is 0 Å². The summed E-state index contributed by atoms with van der Waals surface area (Å²) in [4.78, 5) is 0. The molecule has 78 valence electrons. The van der Waals surface area contributed by atoms with Crippen LogP contribution in [-0.4, -0.2) is 15.5 Å². The minimum Gasteiger partial charge on any atom is -0.495 e. The Bertz CT molecular complexity index is 430. The average Bonchev–Trinajstić information content (AvgIpc) is 2.01. The zero-order chi connectivity index (χ0) is 10.8. The van der Waals surface area contributed by atoms with Gasteiger partial charge in [-0.2, -0.15) is 8.42 Å². The maximum absolute atomic E-state index is 12.4. The molecule has 0 amide bonds. The normalized spacial score (nSPS) is 11.4. The number of hydrogen-bond donors (Lipinski definition) is 0. The Balaban J connectivity index is 3.15. The monoisotopic (exact) mass is 238 g/mol. The van der Waals surface area contributed by atoms with Gasteiger partial charge in [-0.15, -0.1) is 3.89 Å². The van der Waals surface area contributed by atoms with Crippen LogP contribution < -0.4 is 4.74 Å². The lowest BCUT2D eigenvalue weighted by Gasteiger charge is -2.07. The summed E-state index contributed by atoms with van der Waals surface area (Å²) in [6.07, 6.45) is 0. The van der Waals surface area contributed by atoms with Gasteiger partial charge in [0, 0.05) is 5.56 Å². The summed E-state index contributed by atoms with van der Waals surface area (Å²) in [6, 6.07) is 4.52. The second kappa shape index (κ2) is 4.14. The topological polar surface area (TPSA) is 43.4 Å². The Morgan fingerprint density at radius 3 is 2.64 bits per heavy atom. The second-order valence-corrected chi connectivity index (χ2v) is 4.39. The van der Waals surface area contributed by atoms with Crippen molar-refractivity contribution in [3.05, 3.63) is 28.8 Å². The maximum Gasteiger partial charge on any atom is 0.306 e. The molecule has 0 saturated carbocycles. The second-order valence-electron chi connectivity index (χ2n) is 2.62. The largest absolute Gasteiger partial charge is 0.495 e. The lowest BCUT2D eigenvalue weighted by molar-refractivity contribution is 0.411. The molecule has 0 spiro atoms. The van der Waals surface area contributed by atoms with E-state index in [-0.39, 0.29) is 16.3 Å². The van der Waals surface area contributed by atoms with Crippen molar-refractivity contribution in [3.8, 4) is 5.75 Å².